The molecule has 0 bridgehead atoms. The monoisotopic (exact) mass is 672 g/mol. The first-order valence-electron chi connectivity index (χ1n) is 15.2. The molecule has 5 unspecified atom stereocenters. The molecular formula is C32H48O15. The molecule has 0 aromatic heterocycles. The van der Waals surface area contributed by atoms with Crippen LogP contribution in [0, 0.1) is 11.8 Å². The Hall–Kier alpha value is -2.80. The highest BCUT2D eigenvalue weighted by Crippen LogP contribution is 2.33. The number of aromatic hydroxyl groups is 2. The predicted molar refractivity (Wildman–Crippen MR) is 164 cm³/mol. The van der Waals surface area contributed by atoms with Crippen LogP contribution in [0.5, 0.6) is 23.0 Å². The largest absolute Gasteiger partial charge is 0.504 e. The van der Waals surface area contributed by atoms with Crippen LogP contribution in [-0.4, -0.2) is 143 Å². The molecule has 4 rings (SSSR count). The number of phenolic OH excluding ortho intramolecular Hbond substituents is 2. The van der Waals surface area contributed by atoms with Gasteiger partial charge in [0.05, 0.1) is 46.8 Å². The third kappa shape index (κ3) is 10.3. The van der Waals surface area contributed by atoms with Crippen LogP contribution in [0.3, 0.4) is 0 Å². The highest BCUT2D eigenvalue weighted by molar-refractivity contribution is 5.43. The first kappa shape index (κ1) is 38.6. The van der Waals surface area contributed by atoms with Gasteiger partial charge in [0.15, 0.2) is 35.6 Å². The Morgan fingerprint density at radius 1 is 0.723 bits per heavy atom. The molecule has 2 fully saturated rings. The predicted octanol–water partition coefficient (Wildman–Crippen LogP) is -0.958. The van der Waals surface area contributed by atoms with Gasteiger partial charge in [-0.2, -0.15) is 0 Å². The van der Waals surface area contributed by atoms with Gasteiger partial charge in [-0.15, -0.1) is 0 Å². The molecule has 9 N–H and O–H groups in total. The maximum absolute atomic E-state index is 10.6. The molecular weight excluding hydrogens is 624 g/mol. The number of aliphatic hydroxyl groups is 7. The third-order valence-electron chi connectivity index (χ3n) is 8.27. The molecule has 2 saturated heterocycles. The SMILES string of the molecule is CO.COc1cc(CC(CO[C@@H]2OCC(O)[C@H](O)C2O)[C@@H](CO[C@@H]2O[C@H](CO)C(O)CC2O)Cc2ccc(O)c(OC)c2)ccc1O. The molecule has 2 aromatic carbocycles. The van der Waals surface area contributed by atoms with Crippen molar-refractivity contribution in [3.05, 3.63) is 47.5 Å². The van der Waals surface area contributed by atoms with Gasteiger partial charge in [0, 0.05) is 13.5 Å². The maximum atomic E-state index is 10.6. The number of benzene rings is 2. The van der Waals surface area contributed by atoms with E-state index in [1.165, 1.54) is 26.4 Å². The zero-order chi connectivity index (χ0) is 34.7. The Balaban J connectivity index is 0.00000294. The minimum atomic E-state index is -1.51. The smallest absolute Gasteiger partial charge is 0.186 e. The second-order valence-electron chi connectivity index (χ2n) is 11.5. The van der Waals surface area contributed by atoms with E-state index < -0.39 is 67.6 Å². The topological polar surface area (TPSA) is 237 Å². The summed E-state index contributed by atoms with van der Waals surface area (Å²) < 4.78 is 33.7. The van der Waals surface area contributed by atoms with Crippen LogP contribution in [-0.2, 0) is 31.8 Å². The molecule has 0 radical (unpaired) electrons. The van der Waals surface area contributed by atoms with E-state index in [1.54, 1.807) is 24.3 Å². The van der Waals surface area contributed by atoms with Gasteiger partial charge in [0.1, 0.15) is 30.5 Å². The first-order valence-corrected chi connectivity index (χ1v) is 15.2. The van der Waals surface area contributed by atoms with Crippen molar-refractivity contribution in [1.29, 1.82) is 0 Å². The van der Waals surface area contributed by atoms with Gasteiger partial charge in [-0.25, -0.2) is 0 Å². The van der Waals surface area contributed by atoms with Crippen molar-refractivity contribution >= 4 is 0 Å². The van der Waals surface area contributed by atoms with E-state index in [9.17, 15) is 40.9 Å². The number of hydrogen-bond donors (Lipinski definition) is 9. The van der Waals surface area contributed by atoms with Gasteiger partial charge >= 0.3 is 0 Å². The fourth-order valence-electron chi connectivity index (χ4n) is 5.57. The average Bonchev–Trinajstić information content (AvgIpc) is 3.07. The zero-order valence-electron chi connectivity index (χ0n) is 26.7. The van der Waals surface area contributed by atoms with E-state index in [4.69, 9.17) is 33.5 Å². The molecule has 10 atom stereocenters. The molecule has 47 heavy (non-hydrogen) atoms. The van der Waals surface area contributed by atoms with Gasteiger partial charge < -0.3 is 74.4 Å². The standard InChI is InChI=1S/C31H44O14.CH4O/c1-40-25-9-16(3-5-20(25)33)7-18(13-42-30-23(36)11-22(35)27(12-32)45-30)19(8-17-4-6-21(34)26(10-17)41-2)14-43-31-29(39)28(38)24(37)15-44-31;1-2/h3-6,9-10,18-19,22-24,27-39H,7-8,11-15H2,1-2H3;2H,1H3/t18-,19?,22?,23?,24?,27-,28+,29?,30-,31-;/m1./s1. The normalized spacial score (nSPS) is 28.9. The van der Waals surface area contributed by atoms with Gasteiger partial charge in [-0.1, -0.05) is 12.1 Å². The summed E-state index contributed by atoms with van der Waals surface area (Å²) in [5, 5.41) is 88.1. The number of rotatable bonds is 14. The summed E-state index contributed by atoms with van der Waals surface area (Å²) >= 11 is 0. The van der Waals surface area contributed by atoms with Crippen LogP contribution >= 0.6 is 0 Å². The molecule has 0 amide bonds. The summed E-state index contributed by atoms with van der Waals surface area (Å²) in [5.41, 5.74) is 1.54. The van der Waals surface area contributed by atoms with Crippen LogP contribution in [0.15, 0.2) is 36.4 Å². The van der Waals surface area contributed by atoms with Crippen molar-refractivity contribution in [3.63, 3.8) is 0 Å². The van der Waals surface area contributed by atoms with Crippen LogP contribution < -0.4 is 9.47 Å². The number of aliphatic hydroxyl groups excluding tert-OH is 7. The second-order valence-corrected chi connectivity index (χ2v) is 11.5. The van der Waals surface area contributed by atoms with Crippen molar-refractivity contribution in [1.82, 2.24) is 0 Å². The van der Waals surface area contributed by atoms with Crippen LogP contribution in [0.2, 0.25) is 0 Å². The number of methoxy groups -OCH3 is 2. The summed E-state index contributed by atoms with van der Waals surface area (Å²) in [5.74, 6) is -0.356. The summed E-state index contributed by atoms with van der Waals surface area (Å²) in [6.07, 6.45) is -9.13. The van der Waals surface area contributed by atoms with E-state index in [2.05, 4.69) is 0 Å². The van der Waals surface area contributed by atoms with Gasteiger partial charge in [-0.05, 0) is 60.1 Å². The Morgan fingerprint density at radius 3 is 1.72 bits per heavy atom. The quantitative estimate of drug-likeness (QED) is 0.118. The maximum Gasteiger partial charge on any atom is 0.186 e. The minimum absolute atomic E-state index is 0.00216. The van der Waals surface area contributed by atoms with E-state index in [1.807, 2.05) is 0 Å². The number of phenols is 2. The minimum Gasteiger partial charge on any atom is -0.504 e. The van der Waals surface area contributed by atoms with Crippen LogP contribution in [0.4, 0.5) is 0 Å². The summed E-state index contributed by atoms with van der Waals surface area (Å²) in [7, 11) is 3.87. The van der Waals surface area contributed by atoms with Crippen molar-refractivity contribution in [2.24, 2.45) is 11.8 Å². The van der Waals surface area contributed by atoms with E-state index in [0.29, 0.717) is 12.8 Å². The van der Waals surface area contributed by atoms with Gasteiger partial charge in [0.2, 0.25) is 0 Å². The van der Waals surface area contributed by atoms with Crippen molar-refractivity contribution in [2.75, 3.05) is 47.8 Å². The first-order chi connectivity index (χ1) is 22.5. The lowest BCUT2D eigenvalue weighted by Gasteiger charge is -2.38. The van der Waals surface area contributed by atoms with Gasteiger partial charge in [-0.3, -0.25) is 0 Å². The molecule has 266 valence electrons. The van der Waals surface area contributed by atoms with Crippen molar-refractivity contribution < 1.29 is 74.4 Å². The fraction of sp³-hybridized carbons (Fsp3) is 0.625. The van der Waals surface area contributed by atoms with E-state index in [0.717, 1.165) is 18.2 Å². The highest BCUT2D eigenvalue weighted by atomic mass is 16.7. The van der Waals surface area contributed by atoms with E-state index in [-0.39, 0.29) is 49.2 Å². The van der Waals surface area contributed by atoms with Crippen LogP contribution in [0.1, 0.15) is 17.5 Å². The van der Waals surface area contributed by atoms with Crippen molar-refractivity contribution in [3.8, 4) is 23.0 Å². The fourth-order valence-corrected chi connectivity index (χ4v) is 5.57. The number of hydrogen-bond acceptors (Lipinski definition) is 15. The molecule has 2 aliphatic rings. The summed E-state index contributed by atoms with van der Waals surface area (Å²) in [6, 6.07) is 9.81. The third-order valence-corrected chi connectivity index (χ3v) is 8.27. The number of ether oxygens (including phenoxy) is 6. The average molecular weight is 673 g/mol. The summed E-state index contributed by atoms with van der Waals surface area (Å²) in [6.45, 7) is -0.730. The Morgan fingerprint density at radius 2 is 1.23 bits per heavy atom. The van der Waals surface area contributed by atoms with Crippen LogP contribution in [0.25, 0.3) is 0 Å². The molecule has 2 aromatic rings. The lowest BCUT2D eigenvalue weighted by atomic mass is 9.83. The Bertz CT molecular complexity index is 1220. The Labute approximate surface area is 273 Å². The Kier molecular flexibility index (Phi) is 15.3. The molecule has 2 heterocycles. The highest BCUT2D eigenvalue weighted by Gasteiger charge is 2.40. The molecule has 0 saturated carbocycles. The molecule has 15 heteroatoms. The molecule has 0 aliphatic carbocycles. The lowest BCUT2D eigenvalue weighted by Crippen LogP contribution is -2.54. The molecule has 0 spiro atoms. The van der Waals surface area contributed by atoms with Gasteiger partial charge in [0.25, 0.3) is 0 Å². The summed E-state index contributed by atoms with van der Waals surface area (Å²) in [4.78, 5) is 0. The molecule has 2 aliphatic heterocycles. The van der Waals surface area contributed by atoms with Crippen molar-refractivity contribution in [2.45, 2.75) is 68.5 Å². The lowest BCUT2D eigenvalue weighted by molar-refractivity contribution is -0.280. The molecule has 15 nitrogen and oxygen atoms in total. The second kappa shape index (κ2) is 18.7. The van der Waals surface area contributed by atoms with E-state index >= 15 is 0 Å². The zero-order valence-corrected chi connectivity index (χ0v) is 26.7.